The number of aliphatic hydroxyl groups excluding tert-OH is 1. The molecule has 3 nitrogen and oxygen atoms in total. The molecular formula is C15H24O3. The van der Waals surface area contributed by atoms with Crippen molar-refractivity contribution in [2.75, 3.05) is 13.7 Å². The molecule has 1 aromatic carbocycles. The molecule has 0 bridgehead atoms. The Morgan fingerprint density at radius 1 is 1.17 bits per heavy atom. The van der Waals surface area contributed by atoms with Crippen LogP contribution in [0.25, 0.3) is 0 Å². The van der Waals surface area contributed by atoms with E-state index < -0.39 is 6.10 Å². The summed E-state index contributed by atoms with van der Waals surface area (Å²) in [5.74, 6) is 1.10. The zero-order valence-corrected chi connectivity index (χ0v) is 11.7. The summed E-state index contributed by atoms with van der Waals surface area (Å²) in [6.07, 6.45) is 0.200. The molecule has 0 aliphatic carbocycles. The van der Waals surface area contributed by atoms with Crippen LogP contribution in [0.5, 0.6) is 5.75 Å². The predicted octanol–water partition coefficient (Wildman–Crippen LogP) is 3.18. The Morgan fingerprint density at radius 3 is 2.22 bits per heavy atom. The van der Waals surface area contributed by atoms with Crippen molar-refractivity contribution in [2.24, 2.45) is 5.92 Å². The molecule has 0 fully saturated rings. The minimum absolute atomic E-state index is 0.188. The van der Waals surface area contributed by atoms with E-state index >= 15 is 0 Å². The van der Waals surface area contributed by atoms with E-state index in [0.717, 1.165) is 17.7 Å². The van der Waals surface area contributed by atoms with E-state index in [1.54, 1.807) is 7.11 Å². The number of ether oxygens (including phenoxy) is 2. The van der Waals surface area contributed by atoms with Crippen LogP contribution in [0, 0.1) is 5.92 Å². The summed E-state index contributed by atoms with van der Waals surface area (Å²) in [5, 5.41) is 10.3. The Hall–Kier alpha value is -1.06. The molecule has 2 unspecified atom stereocenters. The van der Waals surface area contributed by atoms with Gasteiger partial charge in [0.2, 0.25) is 0 Å². The second-order valence-electron chi connectivity index (χ2n) is 4.81. The molecule has 0 spiro atoms. The number of hydrogen-bond donors (Lipinski definition) is 1. The summed E-state index contributed by atoms with van der Waals surface area (Å²) in [6, 6.07) is 7.57. The first-order chi connectivity index (χ1) is 8.60. The van der Waals surface area contributed by atoms with Crippen LogP contribution in [0.4, 0.5) is 0 Å². The fraction of sp³-hybridized carbons (Fsp3) is 0.600. The fourth-order valence-electron chi connectivity index (χ4n) is 1.94. The van der Waals surface area contributed by atoms with Gasteiger partial charge in [0.25, 0.3) is 0 Å². The minimum atomic E-state index is -0.602. The largest absolute Gasteiger partial charge is 0.494 e. The van der Waals surface area contributed by atoms with E-state index in [2.05, 4.69) is 6.92 Å². The minimum Gasteiger partial charge on any atom is -0.494 e. The highest BCUT2D eigenvalue weighted by atomic mass is 16.5. The van der Waals surface area contributed by atoms with Gasteiger partial charge in [-0.3, -0.25) is 0 Å². The highest BCUT2D eigenvalue weighted by Crippen LogP contribution is 2.25. The van der Waals surface area contributed by atoms with Crippen molar-refractivity contribution in [1.82, 2.24) is 0 Å². The quantitative estimate of drug-likeness (QED) is 0.810. The van der Waals surface area contributed by atoms with E-state index in [9.17, 15) is 5.11 Å². The lowest BCUT2D eigenvalue weighted by Crippen LogP contribution is -2.26. The summed E-state index contributed by atoms with van der Waals surface area (Å²) >= 11 is 0. The first-order valence-electron chi connectivity index (χ1n) is 6.53. The van der Waals surface area contributed by atoms with Crippen molar-refractivity contribution in [1.29, 1.82) is 0 Å². The predicted molar refractivity (Wildman–Crippen MR) is 72.8 cm³/mol. The van der Waals surface area contributed by atoms with Gasteiger partial charge in [-0.05, 0) is 30.0 Å². The lowest BCUT2D eigenvalue weighted by Gasteiger charge is -2.25. The Morgan fingerprint density at radius 2 is 1.78 bits per heavy atom. The number of benzene rings is 1. The average Bonchev–Trinajstić information content (AvgIpc) is 2.37. The van der Waals surface area contributed by atoms with Crippen LogP contribution in [-0.2, 0) is 4.74 Å². The SMILES string of the molecule is CCCOc1ccc(C(O)C(OC)C(C)C)cc1. The normalized spacial score (nSPS) is 14.6. The summed E-state index contributed by atoms with van der Waals surface area (Å²) in [7, 11) is 1.63. The first-order valence-corrected chi connectivity index (χ1v) is 6.53. The summed E-state index contributed by atoms with van der Waals surface area (Å²) < 4.78 is 10.9. The fourth-order valence-corrected chi connectivity index (χ4v) is 1.94. The van der Waals surface area contributed by atoms with Gasteiger partial charge in [0.05, 0.1) is 12.7 Å². The van der Waals surface area contributed by atoms with Crippen LogP contribution >= 0.6 is 0 Å². The smallest absolute Gasteiger partial charge is 0.119 e. The van der Waals surface area contributed by atoms with Gasteiger partial charge in [-0.25, -0.2) is 0 Å². The third-order valence-electron chi connectivity index (χ3n) is 2.93. The van der Waals surface area contributed by atoms with Gasteiger partial charge in [-0.2, -0.15) is 0 Å². The molecule has 0 aliphatic rings. The van der Waals surface area contributed by atoms with Crippen molar-refractivity contribution in [3.05, 3.63) is 29.8 Å². The third kappa shape index (κ3) is 4.00. The van der Waals surface area contributed by atoms with Gasteiger partial charge in [-0.15, -0.1) is 0 Å². The van der Waals surface area contributed by atoms with Crippen molar-refractivity contribution in [3.8, 4) is 5.75 Å². The highest BCUT2D eigenvalue weighted by Gasteiger charge is 2.23. The van der Waals surface area contributed by atoms with Crippen LogP contribution in [0.3, 0.4) is 0 Å². The average molecular weight is 252 g/mol. The second-order valence-corrected chi connectivity index (χ2v) is 4.81. The van der Waals surface area contributed by atoms with Crippen molar-refractivity contribution >= 4 is 0 Å². The molecule has 3 heteroatoms. The standard InChI is InChI=1S/C15H24O3/c1-5-10-18-13-8-6-12(7-9-13)14(16)15(17-4)11(2)3/h6-9,11,14-16H,5,10H2,1-4H3. The Kier molecular flexibility index (Phi) is 6.16. The van der Waals surface area contributed by atoms with Crippen molar-refractivity contribution in [3.63, 3.8) is 0 Å². The molecule has 0 aromatic heterocycles. The summed E-state index contributed by atoms with van der Waals surface area (Å²) in [4.78, 5) is 0. The van der Waals surface area contributed by atoms with Crippen molar-refractivity contribution in [2.45, 2.75) is 39.4 Å². The van der Waals surface area contributed by atoms with Crippen molar-refractivity contribution < 1.29 is 14.6 Å². The van der Waals surface area contributed by atoms with E-state index in [1.807, 2.05) is 38.1 Å². The topological polar surface area (TPSA) is 38.7 Å². The van der Waals surface area contributed by atoms with Gasteiger partial charge in [0.1, 0.15) is 11.9 Å². The Labute approximate surface area is 110 Å². The second kappa shape index (κ2) is 7.39. The van der Waals surface area contributed by atoms with Crippen LogP contribution in [-0.4, -0.2) is 24.9 Å². The van der Waals surface area contributed by atoms with Crippen LogP contribution < -0.4 is 4.74 Å². The van der Waals surface area contributed by atoms with Gasteiger partial charge < -0.3 is 14.6 Å². The van der Waals surface area contributed by atoms with Gasteiger partial charge in [0, 0.05) is 7.11 Å². The zero-order chi connectivity index (χ0) is 13.5. The molecule has 2 atom stereocenters. The van der Waals surface area contributed by atoms with Crippen LogP contribution in [0.1, 0.15) is 38.9 Å². The number of hydrogen-bond acceptors (Lipinski definition) is 3. The Balaban J connectivity index is 2.71. The molecule has 1 N–H and O–H groups in total. The zero-order valence-electron chi connectivity index (χ0n) is 11.7. The molecule has 0 saturated heterocycles. The van der Waals surface area contributed by atoms with E-state index in [0.29, 0.717) is 6.61 Å². The number of aliphatic hydroxyl groups is 1. The highest BCUT2D eigenvalue weighted by molar-refractivity contribution is 5.29. The number of rotatable bonds is 7. The summed E-state index contributed by atoms with van der Waals surface area (Å²) in [6.45, 7) is 6.87. The molecule has 0 saturated carbocycles. The molecule has 0 radical (unpaired) electrons. The van der Waals surface area contributed by atoms with Gasteiger partial charge in [-0.1, -0.05) is 32.9 Å². The van der Waals surface area contributed by atoms with E-state index in [4.69, 9.17) is 9.47 Å². The third-order valence-corrected chi connectivity index (χ3v) is 2.93. The molecular weight excluding hydrogens is 228 g/mol. The molecule has 0 heterocycles. The lowest BCUT2D eigenvalue weighted by molar-refractivity contribution is -0.0390. The van der Waals surface area contributed by atoms with Crippen LogP contribution in [0.15, 0.2) is 24.3 Å². The first kappa shape index (κ1) is 15.0. The number of methoxy groups -OCH3 is 1. The lowest BCUT2D eigenvalue weighted by atomic mass is 9.96. The summed E-state index contributed by atoms with van der Waals surface area (Å²) in [5.41, 5.74) is 0.861. The molecule has 1 aromatic rings. The maximum atomic E-state index is 10.3. The van der Waals surface area contributed by atoms with Gasteiger partial charge in [0.15, 0.2) is 0 Å². The maximum absolute atomic E-state index is 10.3. The molecule has 1 rings (SSSR count). The molecule has 0 amide bonds. The molecule has 0 aliphatic heterocycles. The molecule has 18 heavy (non-hydrogen) atoms. The van der Waals surface area contributed by atoms with E-state index in [-0.39, 0.29) is 12.0 Å². The molecule has 102 valence electrons. The van der Waals surface area contributed by atoms with Gasteiger partial charge >= 0.3 is 0 Å². The maximum Gasteiger partial charge on any atom is 0.119 e. The van der Waals surface area contributed by atoms with E-state index in [1.165, 1.54) is 0 Å². The Bertz CT molecular complexity index is 332. The monoisotopic (exact) mass is 252 g/mol. The van der Waals surface area contributed by atoms with Crippen LogP contribution in [0.2, 0.25) is 0 Å².